The molecule has 3 rings (SSSR count). The molecule has 0 fully saturated rings. The van der Waals surface area contributed by atoms with Gasteiger partial charge in [-0.3, -0.25) is 0 Å². The lowest BCUT2D eigenvalue weighted by molar-refractivity contribution is 0.0693. The zero-order valence-electron chi connectivity index (χ0n) is 15.0. The summed E-state index contributed by atoms with van der Waals surface area (Å²) in [6.45, 7) is 5.55. The maximum Gasteiger partial charge on any atom is 0.337 e. The average Bonchev–Trinajstić information content (AvgIpc) is 2.89. The van der Waals surface area contributed by atoms with Crippen LogP contribution in [-0.4, -0.2) is 30.7 Å². The van der Waals surface area contributed by atoms with E-state index in [0.717, 1.165) is 22.5 Å². The lowest BCUT2D eigenvalue weighted by Gasteiger charge is -2.15. The van der Waals surface area contributed by atoms with Crippen molar-refractivity contribution < 1.29 is 20.1 Å². The van der Waals surface area contributed by atoms with Gasteiger partial charge in [-0.1, -0.05) is 24.3 Å². The summed E-state index contributed by atoms with van der Waals surface area (Å²) in [6, 6.07) is 7.52. The van der Waals surface area contributed by atoms with Crippen LogP contribution in [0, 0.1) is 20.8 Å². The molecule has 3 aromatic rings. The Balaban J connectivity index is 1.99. The Morgan fingerprint density at radius 3 is 2.58 bits per heavy atom. The molecule has 0 radical (unpaired) electrons. The summed E-state index contributed by atoms with van der Waals surface area (Å²) in [5, 5.41) is 30.7. The Hall–Kier alpha value is -2.86. The van der Waals surface area contributed by atoms with E-state index in [1.807, 2.05) is 45.0 Å². The number of aromatic carboxylic acids is 1. The van der Waals surface area contributed by atoms with Gasteiger partial charge in [-0.15, -0.1) is 0 Å². The lowest BCUT2D eigenvalue weighted by atomic mass is 9.96. The summed E-state index contributed by atoms with van der Waals surface area (Å²) in [5.41, 5.74) is 3.94. The highest BCUT2D eigenvalue weighted by molar-refractivity contribution is 5.91. The smallest absolute Gasteiger partial charge is 0.337 e. The number of imidazole rings is 1. The number of carboxylic acid groups (broad SMARTS) is 1. The van der Waals surface area contributed by atoms with E-state index in [1.165, 1.54) is 6.20 Å². The van der Waals surface area contributed by atoms with Gasteiger partial charge in [0.25, 0.3) is 0 Å². The Kier molecular flexibility index (Phi) is 4.70. The fraction of sp³-hybridized carbons (Fsp3) is 0.300. The second-order valence-corrected chi connectivity index (χ2v) is 6.56. The topological polar surface area (TPSA) is 95.1 Å². The fourth-order valence-corrected chi connectivity index (χ4v) is 3.26. The van der Waals surface area contributed by atoms with E-state index in [0.29, 0.717) is 17.6 Å². The van der Waals surface area contributed by atoms with Crippen LogP contribution in [0.4, 0.5) is 0 Å². The predicted molar refractivity (Wildman–Crippen MR) is 97.7 cm³/mol. The van der Waals surface area contributed by atoms with E-state index in [1.54, 1.807) is 4.40 Å². The first-order valence-corrected chi connectivity index (χ1v) is 8.48. The van der Waals surface area contributed by atoms with Crippen molar-refractivity contribution in [3.63, 3.8) is 0 Å². The van der Waals surface area contributed by atoms with Crippen molar-refractivity contribution in [3.05, 3.63) is 64.1 Å². The monoisotopic (exact) mass is 354 g/mol. The number of aliphatic hydroxyl groups excluding tert-OH is 1. The number of aliphatic hydroxyl groups is 1. The number of benzene rings is 1. The minimum atomic E-state index is -1.12. The van der Waals surface area contributed by atoms with Crippen LogP contribution in [0.25, 0.3) is 5.65 Å². The number of pyridine rings is 1. The van der Waals surface area contributed by atoms with Crippen molar-refractivity contribution in [1.82, 2.24) is 9.38 Å². The maximum atomic E-state index is 11.7. The minimum absolute atomic E-state index is 0.0208. The van der Waals surface area contributed by atoms with Gasteiger partial charge >= 0.3 is 5.97 Å². The molecule has 26 heavy (non-hydrogen) atoms. The highest BCUT2D eigenvalue weighted by atomic mass is 16.4. The normalized spacial score (nSPS) is 12.5. The van der Waals surface area contributed by atoms with Gasteiger partial charge in [0, 0.05) is 17.5 Å². The molecule has 2 heterocycles. The zero-order chi connectivity index (χ0) is 19.0. The molecule has 0 saturated carbocycles. The molecule has 0 aliphatic heterocycles. The molecule has 1 aromatic carbocycles. The molecule has 1 atom stereocenters. The van der Waals surface area contributed by atoms with E-state index in [4.69, 9.17) is 0 Å². The number of carboxylic acids is 1. The van der Waals surface area contributed by atoms with Crippen molar-refractivity contribution in [2.24, 2.45) is 0 Å². The molecule has 1 unspecified atom stereocenters. The number of hydrogen-bond donors (Lipinski definition) is 3. The number of rotatable bonds is 5. The molecular formula is C20H22N2O4. The van der Waals surface area contributed by atoms with Gasteiger partial charge in [-0.2, -0.15) is 0 Å². The predicted octanol–water partition coefficient (Wildman–Crippen LogP) is 3.33. The third-order valence-electron chi connectivity index (χ3n) is 4.91. The highest BCUT2D eigenvalue weighted by Crippen LogP contribution is 2.31. The fourth-order valence-electron chi connectivity index (χ4n) is 3.26. The Morgan fingerprint density at radius 2 is 1.92 bits per heavy atom. The van der Waals surface area contributed by atoms with E-state index in [9.17, 15) is 20.1 Å². The number of nitrogens with zero attached hydrogens (tertiary/aromatic N) is 2. The number of aryl methyl sites for hydroxylation is 3. The van der Waals surface area contributed by atoms with Crippen LogP contribution in [0.15, 0.2) is 30.5 Å². The van der Waals surface area contributed by atoms with Gasteiger partial charge < -0.3 is 19.7 Å². The molecule has 0 saturated heterocycles. The van der Waals surface area contributed by atoms with Gasteiger partial charge in [0.1, 0.15) is 0 Å². The van der Waals surface area contributed by atoms with E-state index < -0.39 is 12.1 Å². The molecule has 0 aliphatic rings. The number of aromatic hydroxyl groups is 1. The van der Waals surface area contributed by atoms with Crippen molar-refractivity contribution in [1.29, 1.82) is 0 Å². The van der Waals surface area contributed by atoms with Crippen LogP contribution in [0.1, 0.15) is 51.0 Å². The maximum absolute atomic E-state index is 11.7. The summed E-state index contributed by atoms with van der Waals surface area (Å²) in [5.74, 6) is -1.26. The molecule has 3 N–H and O–H groups in total. The third kappa shape index (κ3) is 3.04. The highest BCUT2D eigenvalue weighted by Gasteiger charge is 2.22. The number of aromatic nitrogens is 2. The third-order valence-corrected chi connectivity index (χ3v) is 4.91. The standard InChI is InChI=1S/C20H22N2O4/c1-11-6-4-5-7-14(11)17(23)9-8-15-16(20(25)26)10-22-13(3)12(2)21-19(22)18(15)24/h4-7,10,17,23-24H,8-9H2,1-3H3,(H,25,26). The number of fused-ring (bicyclic) bond motifs is 1. The van der Waals surface area contributed by atoms with E-state index in [2.05, 4.69) is 4.98 Å². The quantitative estimate of drug-likeness (QED) is 0.653. The number of carbonyl (C=O) groups is 1. The largest absolute Gasteiger partial charge is 0.504 e. The molecule has 6 nitrogen and oxygen atoms in total. The molecule has 2 aromatic heterocycles. The lowest BCUT2D eigenvalue weighted by Crippen LogP contribution is -2.09. The molecule has 0 spiro atoms. The Bertz CT molecular complexity index is 991. The van der Waals surface area contributed by atoms with Crippen molar-refractivity contribution in [3.8, 4) is 5.75 Å². The molecule has 0 aliphatic carbocycles. The van der Waals surface area contributed by atoms with Crippen LogP contribution in [0.3, 0.4) is 0 Å². The zero-order valence-corrected chi connectivity index (χ0v) is 15.0. The summed E-state index contributed by atoms with van der Waals surface area (Å²) in [6.07, 6.45) is 1.27. The molecule has 136 valence electrons. The van der Waals surface area contributed by atoms with Crippen molar-refractivity contribution >= 4 is 11.6 Å². The molecule has 0 bridgehead atoms. The van der Waals surface area contributed by atoms with Gasteiger partial charge in [0.15, 0.2) is 11.4 Å². The van der Waals surface area contributed by atoms with Gasteiger partial charge in [-0.25, -0.2) is 9.78 Å². The van der Waals surface area contributed by atoms with E-state index >= 15 is 0 Å². The van der Waals surface area contributed by atoms with Gasteiger partial charge in [0.05, 0.1) is 17.4 Å². The van der Waals surface area contributed by atoms with Crippen LogP contribution in [0.5, 0.6) is 5.75 Å². The first kappa shape index (κ1) is 17.9. The first-order chi connectivity index (χ1) is 12.3. The van der Waals surface area contributed by atoms with Crippen LogP contribution in [-0.2, 0) is 6.42 Å². The SMILES string of the molecule is Cc1ccccc1C(O)CCc1c(C(=O)O)cn2c(C)c(C)nc2c1O. The second kappa shape index (κ2) is 6.80. The Labute approximate surface area is 151 Å². The number of hydrogen-bond acceptors (Lipinski definition) is 4. The average molecular weight is 354 g/mol. The first-order valence-electron chi connectivity index (χ1n) is 8.48. The molecule has 6 heteroatoms. The summed E-state index contributed by atoms with van der Waals surface area (Å²) < 4.78 is 1.59. The van der Waals surface area contributed by atoms with Gasteiger partial charge in [-0.05, 0) is 44.7 Å². The van der Waals surface area contributed by atoms with Gasteiger partial charge in [0.2, 0.25) is 0 Å². The molecule has 0 amide bonds. The van der Waals surface area contributed by atoms with Crippen LogP contribution in [0.2, 0.25) is 0 Å². The molecular weight excluding hydrogens is 332 g/mol. The summed E-state index contributed by atoms with van der Waals surface area (Å²) >= 11 is 0. The minimum Gasteiger partial charge on any atom is -0.504 e. The van der Waals surface area contributed by atoms with Crippen molar-refractivity contribution in [2.75, 3.05) is 0 Å². The Morgan fingerprint density at radius 1 is 1.23 bits per heavy atom. The summed E-state index contributed by atoms with van der Waals surface area (Å²) in [4.78, 5) is 16.0. The summed E-state index contributed by atoms with van der Waals surface area (Å²) in [7, 11) is 0. The van der Waals surface area contributed by atoms with E-state index in [-0.39, 0.29) is 17.7 Å². The second-order valence-electron chi connectivity index (χ2n) is 6.56. The van der Waals surface area contributed by atoms with Crippen molar-refractivity contribution in [2.45, 2.75) is 39.7 Å². The van der Waals surface area contributed by atoms with Crippen LogP contribution >= 0.6 is 0 Å². The van der Waals surface area contributed by atoms with Crippen LogP contribution < -0.4 is 0 Å².